The Morgan fingerprint density at radius 2 is 2.07 bits per heavy atom. The highest BCUT2D eigenvalue weighted by Crippen LogP contribution is 2.37. The van der Waals surface area contributed by atoms with Gasteiger partial charge in [-0.05, 0) is 32.6 Å². The van der Waals surface area contributed by atoms with Crippen LogP contribution in [0.5, 0.6) is 11.8 Å². The highest BCUT2D eigenvalue weighted by atomic mass is 19.3. The number of carbonyl (C=O) groups excluding carboxylic acids is 2. The summed E-state index contributed by atoms with van der Waals surface area (Å²) < 4.78 is 37.1. The number of hydrogen-bond donors (Lipinski definition) is 2. The van der Waals surface area contributed by atoms with E-state index < -0.39 is 36.6 Å². The first kappa shape index (κ1) is 20.0. The first-order valence-electron chi connectivity index (χ1n) is 8.94. The van der Waals surface area contributed by atoms with Crippen molar-refractivity contribution in [1.82, 2.24) is 15.3 Å². The van der Waals surface area contributed by atoms with Crippen molar-refractivity contribution in [2.24, 2.45) is 11.7 Å². The van der Waals surface area contributed by atoms with Gasteiger partial charge in [-0.3, -0.25) is 4.79 Å². The predicted molar refractivity (Wildman–Crippen MR) is 94.5 cm³/mol. The maximum Gasteiger partial charge on any atom is 0.414 e. The number of hydrogen-bond acceptors (Lipinski definition) is 7. The molecule has 1 aliphatic carbocycles. The van der Waals surface area contributed by atoms with Crippen LogP contribution in [0.4, 0.5) is 19.4 Å². The van der Waals surface area contributed by atoms with Gasteiger partial charge in [-0.2, -0.15) is 4.98 Å². The van der Waals surface area contributed by atoms with Gasteiger partial charge in [-0.1, -0.05) is 0 Å². The Balaban J connectivity index is 1.68. The molecule has 0 spiro atoms. The largest absolute Gasteiger partial charge is 0.475 e. The lowest BCUT2D eigenvalue weighted by Crippen LogP contribution is -2.56. The Bertz CT molecular complexity index is 762. The molecule has 0 atom stereocenters. The molecule has 3 rings (SSSR count). The van der Waals surface area contributed by atoms with Crippen molar-refractivity contribution in [3.63, 3.8) is 0 Å². The summed E-state index contributed by atoms with van der Waals surface area (Å²) in [6, 6.07) is 0. The Kier molecular flexibility index (Phi) is 5.26. The average Bonchev–Trinajstić information content (AvgIpc) is 3.33. The Hall–Kier alpha value is -2.72. The van der Waals surface area contributed by atoms with Crippen LogP contribution in [0.15, 0.2) is 6.20 Å². The van der Waals surface area contributed by atoms with Crippen molar-refractivity contribution in [2.45, 2.75) is 44.6 Å². The van der Waals surface area contributed by atoms with Gasteiger partial charge in [0.05, 0.1) is 25.9 Å². The van der Waals surface area contributed by atoms with E-state index in [0.717, 1.165) is 19.0 Å². The van der Waals surface area contributed by atoms with Crippen LogP contribution in [0.25, 0.3) is 0 Å². The van der Waals surface area contributed by atoms with Crippen LogP contribution < -0.4 is 25.4 Å². The molecule has 1 saturated carbocycles. The molecule has 0 radical (unpaired) electrons. The zero-order chi connectivity index (χ0) is 20.5. The van der Waals surface area contributed by atoms with E-state index >= 15 is 0 Å². The van der Waals surface area contributed by atoms with Crippen LogP contribution in [0.2, 0.25) is 0 Å². The number of ether oxygens (including phenoxy) is 2. The summed E-state index contributed by atoms with van der Waals surface area (Å²) in [5.41, 5.74) is 4.23. The van der Waals surface area contributed by atoms with Gasteiger partial charge in [0.15, 0.2) is 5.82 Å². The van der Waals surface area contributed by atoms with Gasteiger partial charge < -0.3 is 25.4 Å². The number of nitrogens with one attached hydrogen (secondary N) is 1. The molecule has 1 saturated heterocycles. The van der Waals surface area contributed by atoms with Crippen molar-refractivity contribution in [3.8, 4) is 11.8 Å². The van der Waals surface area contributed by atoms with E-state index in [1.807, 2.05) is 0 Å². The SMILES string of the molecule is CC(C)(CC(N)=O)NC(=O)Oc1cnc(N2CC(F)(F)C2)c(OCC2CC2)n1. The number of alkyl halides is 2. The number of carbonyl (C=O) groups is 2. The lowest BCUT2D eigenvalue weighted by Gasteiger charge is -2.39. The number of primary amides is 1. The fraction of sp³-hybridized carbons (Fsp3) is 0.647. The predicted octanol–water partition coefficient (Wildman–Crippen LogP) is 1.46. The van der Waals surface area contributed by atoms with Crippen molar-refractivity contribution in [3.05, 3.63) is 6.20 Å². The Morgan fingerprint density at radius 3 is 2.64 bits per heavy atom. The molecular formula is C17H23F2N5O4. The molecule has 2 heterocycles. The summed E-state index contributed by atoms with van der Waals surface area (Å²) in [6.45, 7) is 2.68. The quantitative estimate of drug-likeness (QED) is 0.679. The summed E-state index contributed by atoms with van der Waals surface area (Å²) in [4.78, 5) is 32.7. The molecule has 2 fully saturated rings. The smallest absolute Gasteiger partial charge is 0.414 e. The molecular weight excluding hydrogens is 376 g/mol. The fourth-order valence-electron chi connectivity index (χ4n) is 2.73. The first-order valence-corrected chi connectivity index (χ1v) is 8.94. The van der Waals surface area contributed by atoms with Gasteiger partial charge in [0, 0.05) is 12.0 Å². The standard InChI is InChI=1S/C17H23F2N5O4/c1-16(2,5-11(20)25)23-15(26)28-12-6-21-13(24-8-17(18,19)9-24)14(22-12)27-7-10-3-4-10/h6,10H,3-5,7-9H2,1-2H3,(H2,20,25)(H,23,26). The lowest BCUT2D eigenvalue weighted by atomic mass is 10.0. The number of aromatic nitrogens is 2. The van der Waals surface area contributed by atoms with Crippen molar-refractivity contribution in [2.75, 3.05) is 24.6 Å². The maximum absolute atomic E-state index is 13.2. The van der Waals surface area contributed by atoms with Crippen molar-refractivity contribution in [1.29, 1.82) is 0 Å². The topological polar surface area (TPSA) is 120 Å². The third-order valence-electron chi connectivity index (χ3n) is 4.25. The van der Waals surface area contributed by atoms with Crippen LogP contribution >= 0.6 is 0 Å². The summed E-state index contributed by atoms with van der Waals surface area (Å²) in [5.74, 6) is -2.84. The van der Waals surface area contributed by atoms with Gasteiger partial charge in [-0.15, -0.1) is 0 Å². The summed E-state index contributed by atoms with van der Waals surface area (Å²) in [6.07, 6.45) is 2.31. The van der Waals surface area contributed by atoms with Crippen LogP contribution in [-0.4, -0.2) is 53.1 Å². The van der Waals surface area contributed by atoms with Gasteiger partial charge in [0.25, 0.3) is 11.8 Å². The van der Waals surface area contributed by atoms with E-state index in [-0.39, 0.29) is 24.0 Å². The van der Waals surface area contributed by atoms with Gasteiger partial charge >= 0.3 is 6.09 Å². The van der Waals surface area contributed by atoms with E-state index in [4.69, 9.17) is 15.2 Å². The second-order valence-electron chi connectivity index (χ2n) is 7.84. The van der Waals surface area contributed by atoms with Crippen molar-refractivity contribution < 1.29 is 27.8 Å². The second-order valence-corrected chi connectivity index (χ2v) is 7.84. The van der Waals surface area contributed by atoms with Gasteiger partial charge in [0.2, 0.25) is 11.8 Å². The Labute approximate surface area is 160 Å². The molecule has 0 bridgehead atoms. The summed E-state index contributed by atoms with van der Waals surface area (Å²) in [5, 5.41) is 2.51. The molecule has 2 amide bonds. The highest BCUT2D eigenvalue weighted by Gasteiger charge is 2.46. The van der Waals surface area contributed by atoms with Crippen LogP contribution in [0.3, 0.4) is 0 Å². The van der Waals surface area contributed by atoms with Gasteiger partial charge in [0.1, 0.15) is 0 Å². The molecule has 11 heteroatoms. The molecule has 9 nitrogen and oxygen atoms in total. The number of amides is 2. The number of nitrogens with two attached hydrogens (primary N) is 1. The van der Waals surface area contributed by atoms with Crippen LogP contribution in [0, 0.1) is 5.92 Å². The van der Waals surface area contributed by atoms with Gasteiger partial charge in [-0.25, -0.2) is 18.6 Å². The van der Waals surface area contributed by atoms with E-state index in [0.29, 0.717) is 12.5 Å². The van der Waals surface area contributed by atoms with E-state index in [9.17, 15) is 18.4 Å². The summed E-state index contributed by atoms with van der Waals surface area (Å²) in [7, 11) is 0. The van der Waals surface area contributed by atoms with E-state index in [2.05, 4.69) is 15.3 Å². The molecule has 1 aliphatic heterocycles. The first-order chi connectivity index (χ1) is 13.0. The van der Waals surface area contributed by atoms with E-state index in [1.165, 1.54) is 4.90 Å². The fourth-order valence-corrected chi connectivity index (χ4v) is 2.73. The molecule has 2 aliphatic rings. The third-order valence-corrected chi connectivity index (χ3v) is 4.25. The molecule has 3 N–H and O–H groups in total. The third kappa shape index (κ3) is 5.40. The van der Waals surface area contributed by atoms with Crippen molar-refractivity contribution >= 4 is 17.8 Å². The molecule has 1 aromatic rings. The lowest BCUT2D eigenvalue weighted by molar-refractivity contribution is -0.119. The molecule has 1 aromatic heterocycles. The molecule has 28 heavy (non-hydrogen) atoms. The summed E-state index contributed by atoms with van der Waals surface area (Å²) >= 11 is 0. The molecule has 0 unspecified atom stereocenters. The minimum atomic E-state index is -2.77. The monoisotopic (exact) mass is 399 g/mol. The number of rotatable bonds is 8. The van der Waals surface area contributed by atoms with Crippen LogP contribution in [-0.2, 0) is 4.79 Å². The normalized spacial score (nSPS) is 18.2. The number of anilines is 1. The minimum absolute atomic E-state index is 0.0455. The average molecular weight is 399 g/mol. The second kappa shape index (κ2) is 7.36. The zero-order valence-corrected chi connectivity index (χ0v) is 15.7. The molecule has 0 aromatic carbocycles. The maximum atomic E-state index is 13.2. The zero-order valence-electron chi connectivity index (χ0n) is 15.7. The van der Waals surface area contributed by atoms with E-state index in [1.54, 1.807) is 13.8 Å². The minimum Gasteiger partial charge on any atom is -0.475 e. The Morgan fingerprint density at radius 1 is 1.39 bits per heavy atom. The highest BCUT2D eigenvalue weighted by molar-refractivity contribution is 5.77. The number of nitrogens with zero attached hydrogens (tertiary/aromatic N) is 3. The molecule has 154 valence electrons. The van der Waals surface area contributed by atoms with Crippen LogP contribution in [0.1, 0.15) is 33.1 Å². The number of halogens is 2.